The van der Waals surface area contributed by atoms with E-state index in [1.54, 1.807) is 38.1 Å². The van der Waals surface area contributed by atoms with E-state index < -0.39 is 5.97 Å². The van der Waals surface area contributed by atoms with Crippen molar-refractivity contribution in [3.63, 3.8) is 0 Å². The molecule has 0 saturated heterocycles. The topological polar surface area (TPSA) is 81.7 Å². The fraction of sp³-hybridized carbons (Fsp3) is 0.400. The lowest BCUT2D eigenvalue weighted by atomic mass is 10.2. The van der Waals surface area contributed by atoms with Gasteiger partial charge in [-0.1, -0.05) is 0 Å². The summed E-state index contributed by atoms with van der Waals surface area (Å²) >= 11 is 1.18. The molecule has 0 radical (unpaired) electrons. The van der Waals surface area contributed by atoms with Gasteiger partial charge in [0, 0.05) is 5.69 Å². The molecule has 0 spiro atoms. The van der Waals surface area contributed by atoms with Crippen LogP contribution in [-0.4, -0.2) is 42.6 Å². The molecule has 0 atom stereocenters. The zero-order valence-electron chi connectivity index (χ0n) is 12.6. The number of carbonyl (C=O) groups excluding carboxylic acids is 3. The second kappa shape index (κ2) is 9.83. The molecule has 0 aromatic heterocycles. The van der Waals surface area contributed by atoms with Gasteiger partial charge in [0.2, 0.25) is 5.91 Å². The predicted molar refractivity (Wildman–Crippen MR) is 85.0 cm³/mol. The van der Waals surface area contributed by atoms with E-state index in [1.165, 1.54) is 11.8 Å². The molecule has 7 heteroatoms. The Labute approximate surface area is 133 Å². The Balaban J connectivity index is 2.38. The van der Waals surface area contributed by atoms with Gasteiger partial charge in [-0.2, -0.15) is 0 Å². The molecule has 22 heavy (non-hydrogen) atoms. The summed E-state index contributed by atoms with van der Waals surface area (Å²) in [7, 11) is 0. The number of hydrogen-bond acceptors (Lipinski definition) is 6. The van der Waals surface area contributed by atoms with Crippen LogP contribution >= 0.6 is 11.8 Å². The van der Waals surface area contributed by atoms with Crippen molar-refractivity contribution < 1.29 is 23.9 Å². The van der Waals surface area contributed by atoms with E-state index in [0.717, 1.165) is 0 Å². The van der Waals surface area contributed by atoms with E-state index in [2.05, 4.69) is 5.32 Å². The minimum absolute atomic E-state index is 0.142. The summed E-state index contributed by atoms with van der Waals surface area (Å²) in [6.07, 6.45) is 0. The first-order valence-electron chi connectivity index (χ1n) is 6.87. The third-order valence-corrected chi connectivity index (χ3v) is 3.34. The van der Waals surface area contributed by atoms with Gasteiger partial charge >= 0.3 is 11.9 Å². The van der Waals surface area contributed by atoms with E-state index >= 15 is 0 Å². The van der Waals surface area contributed by atoms with Gasteiger partial charge in [-0.05, 0) is 38.1 Å². The number of ether oxygens (including phenoxy) is 2. The largest absolute Gasteiger partial charge is 0.465 e. The second-order valence-corrected chi connectivity index (χ2v) is 5.13. The van der Waals surface area contributed by atoms with Crippen molar-refractivity contribution in [1.29, 1.82) is 0 Å². The average molecular weight is 325 g/mol. The molecule has 0 unspecified atom stereocenters. The smallest absolute Gasteiger partial charge is 0.338 e. The first kappa shape index (κ1) is 18.0. The molecule has 0 fully saturated rings. The lowest BCUT2D eigenvalue weighted by Crippen LogP contribution is -2.16. The molecular weight excluding hydrogens is 306 g/mol. The Hall–Kier alpha value is -2.02. The molecule has 1 amide bonds. The molecule has 6 nitrogen and oxygen atoms in total. The summed E-state index contributed by atoms with van der Waals surface area (Å²) in [5.74, 6) is -0.663. The number of benzene rings is 1. The van der Waals surface area contributed by atoms with Gasteiger partial charge in [0.05, 0.1) is 30.3 Å². The van der Waals surface area contributed by atoms with Crippen LogP contribution in [0.4, 0.5) is 5.69 Å². The molecule has 0 aliphatic heterocycles. The lowest BCUT2D eigenvalue weighted by Gasteiger charge is -2.06. The summed E-state index contributed by atoms with van der Waals surface area (Å²) in [6, 6.07) is 6.42. The molecule has 0 bridgehead atoms. The number of amides is 1. The average Bonchev–Trinajstić information content (AvgIpc) is 2.48. The van der Waals surface area contributed by atoms with Crippen molar-refractivity contribution in [2.75, 3.05) is 30.0 Å². The molecule has 0 aliphatic rings. The van der Waals surface area contributed by atoms with Crippen molar-refractivity contribution in [1.82, 2.24) is 0 Å². The molecule has 120 valence electrons. The highest BCUT2D eigenvalue weighted by molar-refractivity contribution is 8.00. The summed E-state index contributed by atoms with van der Waals surface area (Å²) in [4.78, 5) is 34.3. The van der Waals surface area contributed by atoms with E-state index in [0.29, 0.717) is 24.5 Å². The van der Waals surface area contributed by atoms with Crippen LogP contribution in [0, 0.1) is 0 Å². The Morgan fingerprint density at radius 1 is 1.00 bits per heavy atom. The molecular formula is C15H19NO5S. The summed E-state index contributed by atoms with van der Waals surface area (Å²) in [5, 5.41) is 2.68. The van der Waals surface area contributed by atoms with Crippen molar-refractivity contribution in [3.05, 3.63) is 29.8 Å². The third-order valence-electron chi connectivity index (χ3n) is 2.44. The van der Waals surface area contributed by atoms with Crippen molar-refractivity contribution >= 4 is 35.3 Å². The standard InChI is InChI=1S/C15H19NO5S/c1-3-20-14(18)10-22-9-13(17)16-12-7-5-11(6-8-12)15(19)21-4-2/h5-8H,3-4,9-10H2,1-2H3,(H,16,17). The van der Waals surface area contributed by atoms with Crippen LogP contribution in [0.3, 0.4) is 0 Å². The summed E-state index contributed by atoms with van der Waals surface area (Å²) < 4.78 is 9.63. The fourth-order valence-electron chi connectivity index (χ4n) is 1.53. The first-order valence-corrected chi connectivity index (χ1v) is 8.02. The highest BCUT2D eigenvalue weighted by Gasteiger charge is 2.08. The minimum atomic E-state index is -0.398. The van der Waals surface area contributed by atoms with Gasteiger partial charge in [-0.15, -0.1) is 11.8 Å². The van der Waals surface area contributed by atoms with Gasteiger partial charge in [0.15, 0.2) is 0 Å². The monoisotopic (exact) mass is 325 g/mol. The maximum Gasteiger partial charge on any atom is 0.338 e. The van der Waals surface area contributed by atoms with Crippen LogP contribution in [0.5, 0.6) is 0 Å². The highest BCUT2D eigenvalue weighted by atomic mass is 32.2. The summed E-state index contributed by atoms with van der Waals surface area (Å²) in [6.45, 7) is 4.11. The van der Waals surface area contributed by atoms with E-state index in [-0.39, 0.29) is 23.4 Å². The number of carbonyl (C=O) groups is 3. The van der Waals surface area contributed by atoms with Crippen LogP contribution in [0.15, 0.2) is 24.3 Å². The lowest BCUT2D eigenvalue weighted by molar-refractivity contribution is -0.139. The van der Waals surface area contributed by atoms with Crippen molar-refractivity contribution in [2.45, 2.75) is 13.8 Å². The van der Waals surface area contributed by atoms with E-state index in [1.807, 2.05) is 0 Å². The number of anilines is 1. The molecule has 0 heterocycles. The molecule has 1 aromatic rings. The Morgan fingerprint density at radius 3 is 2.23 bits per heavy atom. The first-order chi connectivity index (χ1) is 10.6. The Bertz CT molecular complexity index is 515. The molecule has 1 N–H and O–H groups in total. The van der Waals surface area contributed by atoms with Crippen LogP contribution in [0.2, 0.25) is 0 Å². The van der Waals surface area contributed by atoms with Crippen LogP contribution < -0.4 is 5.32 Å². The van der Waals surface area contributed by atoms with Gasteiger partial charge in [0.1, 0.15) is 0 Å². The van der Waals surface area contributed by atoms with Crippen LogP contribution in [0.1, 0.15) is 24.2 Å². The second-order valence-electron chi connectivity index (χ2n) is 4.14. The number of rotatable bonds is 8. The normalized spacial score (nSPS) is 9.91. The highest BCUT2D eigenvalue weighted by Crippen LogP contribution is 2.11. The molecule has 0 aliphatic carbocycles. The maximum absolute atomic E-state index is 11.7. The fourth-order valence-corrected chi connectivity index (χ4v) is 2.14. The quantitative estimate of drug-likeness (QED) is 0.737. The molecule has 1 aromatic carbocycles. The van der Waals surface area contributed by atoms with Gasteiger partial charge in [-0.25, -0.2) is 4.79 Å². The van der Waals surface area contributed by atoms with Gasteiger partial charge in [0.25, 0.3) is 0 Å². The third kappa shape index (κ3) is 6.62. The van der Waals surface area contributed by atoms with Crippen LogP contribution in [-0.2, 0) is 19.1 Å². The van der Waals surface area contributed by atoms with Gasteiger partial charge in [-0.3, -0.25) is 9.59 Å². The van der Waals surface area contributed by atoms with Crippen molar-refractivity contribution in [3.8, 4) is 0 Å². The zero-order chi connectivity index (χ0) is 16.4. The molecule has 0 saturated carbocycles. The number of esters is 2. The minimum Gasteiger partial charge on any atom is -0.465 e. The molecule has 1 rings (SSSR count). The van der Waals surface area contributed by atoms with E-state index in [9.17, 15) is 14.4 Å². The predicted octanol–water partition coefficient (Wildman–Crippen LogP) is 2.10. The summed E-state index contributed by atoms with van der Waals surface area (Å²) in [5.41, 5.74) is 1.01. The number of hydrogen-bond donors (Lipinski definition) is 1. The Morgan fingerprint density at radius 2 is 1.64 bits per heavy atom. The maximum atomic E-state index is 11.7. The van der Waals surface area contributed by atoms with Crippen LogP contribution in [0.25, 0.3) is 0 Å². The van der Waals surface area contributed by atoms with Crippen molar-refractivity contribution in [2.24, 2.45) is 0 Å². The van der Waals surface area contributed by atoms with E-state index in [4.69, 9.17) is 9.47 Å². The Kier molecular flexibility index (Phi) is 8.06. The van der Waals surface area contributed by atoms with Gasteiger partial charge < -0.3 is 14.8 Å². The SMILES string of the molecule is CCOC(=O)CSCC(=O)Nc1ccc(C(=O)OCC)cc1. The zero-order valence-corrected chi connectivity index (χ0v) is 13.4. The number of nitrogens with one attached hydrogen (secondary N) is 1. The number of thioether (sulfide) groups is 1.